The molecule has 6 rings (SSSR count). The highest BCUT2D eigenvalue weighted by Gasteiger charge is 2.31. The van der Waals surface area contributed by atoms with Crippen molar-refractivity contribution in [1.82, 2.24) is 19.9 Å². The first-order valence-corrected chi connectivity index (χ1v) is 12.8. The number of aromatic nitrogens is 3. The summed E-state index contributed by atoms with van der Waals surface area (Å²) in [6.07, 6.45) is 9.56. The normalized spacial score (nSPS) is 16.2. The Bertz CT molecular complexity index is 1430. The smallest absolute Gasteiger partial charge is 0.226 e. The molecule has 0 bridgehead atoms. The molecule has 3 aromatic heterocycles. The first-order valence-electron chi connectivity index (χ1n) is 12.0. The molecule has 1 amide bonds. The van der Waals surface area contributed by atoms with Gasteiger partial charge in [0.25, 0.3) is 0 Å². The van der Waals surface area contributed by atoms with Gasteiger partial charge >= 0.3 is 0 Å². The molecule has 1 unspecified atom stereocenters. The van der Waals surface area contributed by atoms with E-state index in [2.05, 4.69) is 43.5 Å². The molecule has 35 heavy (non-hydrogen) atoms. The zero-order valence-electron chi connectivity index (χ0n) is 19.6. The van der Waals surface area contributed by atoms with Crippen molar-refractivity contribution >= 4 is 45.2 Å². The maximum atomic E-state index is 13.4. The second-order valence-corrected chi connectivity index (χ2v) is 10.1. The number of anilines is 2. The number of benzene rings is 1. The lowest BCUT2D eigenvalue weighted by molar-refractivity contribution is -0.136. The molecule has 1 aliphatic carbocycles. The fourth-order valence-corrected chi connectivity index (χ4v) is 6.31. The van der Waals surface area contributed by atoms with E-state index in [9.17, 15) is 4.79 Å². The van der Waals surface area contributed by atoms with Gasteiger partial charge in [-0.25, -0.2) is 9.97 Å². The summed E-state index contributed by atoms with van der Waals surface area (Å²) in [5.74, 6) is 1.06. The van der Waals surface area contributed by atoms with Crippen LogP contribution in [0.4, 0.5) is 11.5 Å². The lowest BCUT2D eigenvalue weighted by Crippen LogP contribution is -2.37. The number of pyridine rings is 1. The van der Waals surface area contributed by atoms with Crippen LogP contribution in [0, 0.1) is 5.92 Å². The summed E-state index contributed by atoms with van der Waals surface area (Å²) >= 11 is 1.70. The highest BCUT2D eigenvalue weighted by Crippen LogP contribution is 2.41. The molecule has 0 saturated heterocycles. The number of carbonyl (C=O) groups excluding carboxylic acids is 1. The fraction of sp³-hybridized carbons (Fsp3) is 0.296. The van der Waals surface area contributed by atoms with Gasteiger partial charge in [0.05, 0.1) is 11.9 Å². The summed E-state index contributed by atoms with van der Waals surface area (Å²) < 4.78 is 0. The zero-order chi connectivity index (χ0) is 23.8. The molecular formula is C27H26N6OS. The van der Waals surface area contributed by atoms with Crippen LogP contribution in [-0.2, 0) is 30.7 Å². The van der Waals surface area contributed by atoms with Gasteiger partial charge in [-0.3, -0.25) is 14.8 Å². The maximum absolute atomic E-state index is 13.4. The summed E-state index contributed by atoms with van der Waals surface area (Å²) in [6, 6.07) is 10.3. The number of fused-ring (bicyclic) bond motifs is 4. The average molecular weight is 483 g/mol. The van der Waals surface area contributed by atoms with Crippen molar-refractivity contribution in [3.05, 3.63) is 76.2 Å². The van der Waals surface area contributed by atoms with Gasteiger partial charge < -0.3 is 10.2 Å². The van der Waals surface area contributed by atoms with Gasteiger partial charge in [-0.15, -0.1) is 11.3 Å². The first kappa shape index (κ1) is 21.9. The molecule has 2 aliphatic rings. The summed E-state index contributed by atoms with van der Waals surface area (Å²) in [4.78, 5) is 35.2. The van der Waals surface area contributed by atoms with Gasteiger partial charge in [0, 0.05) is 48.2 Å². The van der Waals surface area contributed by atoms with Crippen LogP contribution in [0.25, 0.3) is 10.2 Å². The standard InChI is InChI=1S/C27H26N6OS/c1-2-33(15-17-7-9-28-10-8-17)27(34)18-4-6-22-23(12-18)35-26-24(22)25(30-16-31-26)32-21-5-3-19-13-29-14-20(19)11-21/h3,5,7-11,14,16,18H,2,4,6,12-13,15H2,1H3,(H,30,31,32). The van der Waals surface area contributed by atoms with Crippen molar-refractivity contribution in [2.24, 2.45) is 10.9 Å². The molecule has 0 spiro atoms. The van der Waals surface area contributed by atoms with Crippen molar-refractivity contribution < 1.29 is 4.79 Å². The molecule has 0 saturated carbocycles. The van der Waals surface area contributed by atoms with E-state index < -0.39 is 0 Å². The minimum absolute atomic E-state index is 0.00211. The zero-order valence-corrected chi connectivity index (χ0v) is 20.4. The average Bonchev–Trinajstić information content (AvgIpc) is 3.51. The SMILES string of the molecule is CCN(Cc1ccncc1)C(=O)C1CCc2c(sc3ncnc(Nc4ccc5c(c4)C=NC5)c23)C1. The Morgan fingerprint density at radius 3 is 2.94 bits per heavy atom. The highest BCUT2D eigenvalue weighted by atomic mass is 32.1. The maximum Gasteiger partial charge on any atom is 0.226 e. The Morgan fingerprint density at radius 2 is 2.09 bits per heavy atom. The number of hydrogen-bond acceptors (Lipinski definition) is 7. The van der Waals surface area contributed by atoms with Crippen molar-refractivity contribution in [3.8, 4) is 0 Å². The van der Waals surface area contributed by atoms with Crippen LogP contribution in [-0.4, -0.2) is 38.5 Å². The summed E-state index contributed by atoms with van der Waals surface area (Å²) in [7, 11) is 0. The third-order valence-corrected chi connectivity index (χ3v) is 8.07. The number of nitrogens with one attached hydrogen (secondary N) is 1. The van der Waals surface area contributed by atoms with E-state index in [1.807, 2.05) is 30.2 Å². The van der Waals surface area contributed by atoms with Crippen LogP contribution in [0.15, 0.2) is 54.0 Å². The second-order valence-electron chi connectivity index (χ2n) is 9.06. The lowest BCUT2D eigenvalue weighted by atomic mass is 9.86. The number of aryl methyl sites for hydroxylation is 1. The quantitative estimate of drug-likeness (QED) is 0.422. The number of hydrogen-bond donors (Lipinski definition) is 1. The van der Waals surface area contributed by atoms with E-state index in [0.717, 1.165) is 58.7 Å². The van der Waals surface area contributed by atoms with Crippen molar-refractivity contribution in [3.63, 3.8) is 0 Å². The van der Waals surface area contributed by atoms with Gasteiger partial charge in [0.2, 0.25) is 5.91 Å². The molecular weight excluding hydrogens is 456 g/mol. The van der Waals surface area contributed by atoms with Gasteiger partial charge in [0.15, 0.2) is 0 Å². The molecule has 0 fully saturated rings. The largest absolute Gasteiger partial charge is 0.340 e. The van der Waals surface area contributed by atoms with Crippen LogP contribution in [0.3, 0.4) is 0 Å². The van der Waals surface area contributed by atoms with E-state index in [1.165, 1.54) is 16.0 Å². The summed E-state index contributed by atoms with van der Waals surface area (Å²) in [6.45, 7) is 4.12. The molecule has 0 radical (unpaired) electrons. The third kappa shape index (κ3) is 4.18. The predicted molar refractivity (Wildman–Crippen MR) is 139 cm³/mol. The summed E-state index contributed by atoms with van der Waals surface area (Å²) in [5.41, 5.74) is 5.79. The Balaban J connectivity index is 1.24. The number of amides is 1. The predicted octanol–water partition coefficient (Wildman–Crippen LogP) is 4.92. The van der Waals surface area contributed by atoms with Crippen LogP contribution in [0.1, 0.15) is 40.5 Å². The Hall–Kier alpha value is -3.65. The number of nitrogens with zero attached hydrogens (tertiary/aromatic N) is 5. The van der Waals surface area contributed by atoms with Gasteiger partial charge in [-0.1, -0.05) is 6.07 Å². The molecule has 1 N–H and O–H groups in total. The molecule has 4 aromatic rings. The second kappa shape index (κ2) is 9.19. The minimum Gasteiger partial charge on any atom is -0.340 e. The first-order chi connectivity index (χ1) is 17.2. The topological polar surface area (TPSA) is 83.4 Å². The van der Waals surface area contributed by atoms with E-state index >= 15 is 0 Å². The molecule has 176 valence electrons. The summed E-state index contributed by atoms with van der Waals surface area (Å²) in [5, 5.41) is 4.61. The molecule has 1 aliphatic heterocycles. The number of aliphatic imine (C=N–C) groups is 1. The molecule has 4 heterocycles. The fourth-order valence-electron chi connectivity index (χ4n) is 5.04. The number of rotatable bonds is 6. The van der Waals surface area contributed by atoms with E-state index in [1.54, 1.807) is 30.1 Å². The molecule has 7 nitrogen and oxygen atoms in total. The number of carbonyl (C=O) groups is 1. The van der Waals surface area contributed by atoms with Gasteiger partial charge in [-0.2, -0.15) is 0 Å². The van der Waals surface area contributed by atoms with Crippen LogP contribution < -0.4 is 5.32 Å². The van der Waals surface area contributed by atoms with Crippen molar-refractivity contribution in [1.29, 1.82) is 0 Å². The monoisotopic (exact) mass is 482 g/mol. The van der Waals surface area contributed by atoms with E-state index in [-0.39, 0.29) is 11.8 Å². The Kier molecular flexibility index (Phi) is 5.74. The Labute approximate surface area is 208 Å². The highest BCUT2D eigenvalue weighted by molar-refractivity contribution is 7.19. The molecule has 1 atom stereocenters. The third-order valence-electron chi connectivity index (χ3n) is 6.91. The number of thiophene rings is 1. The van der Waals surface area contributed by atoms with Crippen molar-refractivity contribution in [2.45, 2.75) is 39.3 Å². The molecule has 8 heteroatoms. The Morgan fingerprint density at radius 1 is 1.20 bits per heavy atom. The lowest BCUT2D eigenvalue weighted by Gasteiger charge is -2.28. The molecule has 1 aromatic carbocycles. The van der Waals surface area contributed by atoms with Gasteiger partial charge in [-0.05, 0) is 72.7 Å². The van der Waals surface area contributed by atoms with Gasteiger partial charge in [0.1, 0.15) is 17.0 Å². The van der Waals surface area contributed by atoms with Crippen LogP contribution in [0.5, 0.6) is 0 Å². The van der Waals surface area contributed by atoms with Crippen LogP contribution in [0.2, 0.25) is 0 Å². The van der Waals surface area contributed by atoms with E-state index in [4.69, 9.17) is 0 Å². The minimum atomic E-state index is -0.00211. The van der Waals surface area contributed by atoms with E-state index in [0.29, 0.717) is 13.1 Å². The van der Waals surface area contributed by atoms with Crippen LogP contribution >= 0.6 is 11.3 Å². The van der Waals surface area contributed by atoms with Crippen molar-refractivity contribution in [2.75, 3.05) is 11.9 Å².